The molecule has 19 heavy (non-hydrogen) atoms. The first-order valence-corrected chi connectivity index (χ1v) is 6.80. The lowest BCUT2D eigenvalue weighted by Gasteiger charge is -2.10. The molecule has 1 aromatic carbocycles. The Morgan fingerprint density at radius 2 is 1.95 bits per heavy atom. The highest BCUT2D eigenvalue weighted by Gasteiger charge is 2.05. The molecule has 3 nitrogen and oxygen atoms in total. The third-order valence-corrected chi connectivity index (χ3v) is 3.52. The summed E-state index contributed by atoms with van der Waals surface area (Å²) in [5.41, 5.74) is 2.35. The molecular weight excluding hydrogens is 281 g/mol. The summed E-state index contributed by atoms with van der Waals surface area (Å²) in [5.74, 6) is 1.36. The van der Waals surface area contributed by atoms with Gasteiger partial charge in [-0.05, 0) is 37.5 Å². The zero-order chi connectivity index (χ0) is 13.8. The second-order valence-corrected chi connectivity index (χ2v) is 5.14. The summed E-state index contributed by atoms with van der Waals surface area (Å²) in [5, 5.41) is 4.54. The molecule has 1 aromatic heterocycles. The first-order chi connectivity index (χ1) is 9.08. The van der Waals surface area contributed by atoms with Crippen LogP contribution in [0.3, 0.4) is 0 Å². The van der Waals surface area contributed by atoms with Crippen LogP contribution in [0.1, 0.15) is 17.0 Å². The van der Waals surface area contributed by atoms with E-state index in [2.05, 4.69) is 28.3 Å². The summed E-state index contributed by atoms with van der Waals surface area (Å²) >= 11 is 12.2. The van der Waals surface area contributed by atoms with Crippen molar-refractivity contribution in [2.75, 3.05) is 11.9 Å². The van der Waals surface area contributed by atoms with Gasteiger partial charge in [-0.1, -0.05) is 35.3 Å². The van der Waals surface area contributed by atoms with E-state index in [-0.39, 0.29) is 0 Å². The van der Waals surface area contributed by atoms with Crippen LogP contribution in [-0.4, -0.2) is 16.5 Å². The maximum absolute atomic E-state index is 6.19. The highest BCUT2D eigenvalue weighted by Crippen LogP contribution is 2.21. The quantitative estimate of drug-likeness (QED) is 0.924. The van der Waals surface area contributed by atoms with Gasteiger partial charge >= 0.3 is 0 Å². The molecule has 0 amide bonds. The molecular formula is C14H15Cl2N3. The van der Waals surface area contributed by atoms with Crippen molar-refractivity contribution >= 4 is 29.0 Å². The number of rotatable bonds is 4. The van der Waals surface area contributed by atoms with E-state index in [1.807, 2.05) is 19.1 Å². The smallest absolute Gasteiger partial charge is 0.148 e. The minimum absolute atomic E-state index is 0.529. The molecule has 0 spiro atoms. The van der Waals surface area contributed by atoms with Gasteiger partial charge in [-0.15, -0.1) is 0 Å². The summed E-state index contributed by atoms with van der Waals surface area (Å²) < 4.78 is 0. The number of aromatic nitrogens is 2. The molecule has 5 heteroatoms. The maximum Gasteiger partial charge on any atom is 0.148 e. The number of hydrogen-bond donors (Lipinski definition) is 1. The van der Waals surface area contributed by atoms with Crippen molar-refractivity contribution < 1.29 is 0 Å². The van der Waals surface area contributed by atoms with Gasteiger partial charge in [0.05, 0.1) is 6.20 Å². The topological polar surface area (TPSA) is 37.8 Å². The van der Waals surface area contributed by atoms with E-state index in [1.54, 1.807) is 6.20 Å². The van der Waals surface area contributed by atoms with Crippen LogP contribution in [0.15, 0.2) is 24.4 Å². The fourth-order valence-electron chi connectivity index (χ4n) is 1.87. The van der Waals surface area contributed by atoms with Crippen molar-refractivity contribution in [3.8, 4) is 0 Å². The Bertz CT molecular complexity index is 565. The van der Waals surface area contributed by atoms with Crippen molar-refractivity contribution in [1.29, 1.82) is 0 Å². The van der Waals surface area contributed by atoms with Crippen LogP contribution >= 0.6 is 23.2 Å². The third-order valence-electron chi connectivity index (χ3n) is 2.89. The molecule has 0 bridgehead atoms. The predicted octanol–water partition coefficient (Wildman–Crippen LogP) is 4.05. The lowest BCUT2D eigenvalue weighted by atomic mass is 10.1. The number of hydrogen-bond acceptors (Lipinski definition) is 3. The second kappa shape index (κ2) is 6.22. The first-order valence-electron chi connectivity index (χ1n) is 6.05. The molecule has 1 N–H and O–H groups in total. The third kappa shape index (κ3) is 3.58. The number of nitrogens with one attached hydrogen (secondary N) is 1. The van der Waals surface area contributed by atoms with Crippen LogP contribution in [0.4, 0.5) is 5.82 Å². The Hall–Kier alpha value is -1.32. The fraction of sp³-hybridized carbons (Fsp3) is 0.286. The van der Waals surface area contributed by atoms with Gasteiger partial charge in [0.1, 0.15) is 16.7 Å². The van der Waals surface area contributed by atoms with E-state index in [0.29, 0.717) is 16.7 Å². The van der Waals surface area contributed by atoms with Gasteiger partial charge in [-0.3, -0.25) is 0 Å². The molecule has 100 valence electrons. The van der Waals surface area contributed by atoms with Gasteiger partial charge in [0, 0.05) is 11.6 Å². The van der Waals surface area contributed by atoms with Gasteiger partial charge in [0.25, 0.3) is 0 Å². The van der Waals surface area contributed by atoms with E-state index in [9.17, 15) is 0 Å². The van der Waals surface area contributed by atoms with Gasteiger partial charge in [-0.2, -0.15) is 0 Å². The Labute approximate surface area is 123 Å². The van der Waals surface area contributed by atoms with Crippen LogP contribution in [0, 0.1) is 13.8 Å². The lowest BCUT2D eigenvalue weighted by molar-refractivity contribution is 0.973. The largest absolute Gasteiger partial charge is 0.368 e. The van der Waals surface area contributed by atoms with Gasteiger partial charge in [-0.25, -0.2) is 9.97 Å². The van der Waals surface area contributed by atoms with Crippen LogP contribution in [-0.2, 0) is 6.42 Å². The molecule has 0 aliphatic rings. The minimum atomic E-state index is 0.529. The monoisotopic (exact) mass is 295 g/mol. The van der Waals surface area contributed by atoms with E-state index >= 15 is 0 Å². The maximum atomic E-state index is 6.19. The number of aryl methyl sites for hydroxylation is 2. The Morgan fingerprint density at radius 3 is 2.68 bits per heavy atom. The summed E-state index contributed by atoms with van der Waals surface area (Å²) in [4.78, 5) is 8.29. The van der Waals surface area contributed by atoms with Crippen molar-refractivity contribution in [3.63, 3.8) is 0 Å². The average molecular weight is 296 g/mol. The Balaban J connectivity index is 2.02. The Kier molecular flexibility index (Phi) is 4.61. The van der Waals surface area contributed by atoms with E-state index in [4.69, 9.17) is 23.2 Å². The summed E-state index contributed by atoms with van der Waals surface area (Å²) in [6, 6.07) is 5.92. The average Bonchev–Trinajstić information content (AvgIpc) is 2.37. The summed E-state index contributed by atoms with van der Waals surface area (Å²) in [7, 11) is 0. The number of nitrogens with zero attached hydrogens (tertiary/aromatic N) is 2. The molecule has 2 rings (SSSR count). The van der Waals surface area contributed by atoms with Gasteiger partial charge < -0.3 is 5.32 Å². The van der Waals surface area contributed by atoms with E-state index < -0.39 is 0 Å². The van der Waals surface area contributed by atoms with Crippen molar-refractivity contribution in [2.45, 2.75) is 20.3 Å². The number of halogens is 2. The molecule has 0 aliphatic carbocycles. The van der Waals surface area contributed by atoms with Crippen molar-refractivity contribution in [3.05, 3.63) is 51.4 Å². The second-order valence-electron chi connectivity index (χ2n) is 4.33. The van der Waals surface area contributed by atoms with Crippen molar-refractivity contribution in [1.82, 2.24) is 9.97 Å². The fourth-order valence-corrected chi connectivity index (χ4v) is 2.34. The van der Waals surface area contributed by atoms with Crippen LogP contribution in [0.5, 0.6) is 0 Å². The molecule has 0 atom stereocenters. The highest BCUT2D eigenvalue weighted by molar-refractivity contribution is 6.32. The minimum Gasteiger partial charge on any atom is -0.368 e. The zero-order valence-corrected chi connectivity index (χ0v) is 12.4. The van der Waals surface area contributed by atoms with E-state index in [0.717, 1.165) is 23.6 Å². The first kappa shape index (κ1) is 14.1. The van der Waals surface area contributed by atoms with Crippen LogP contribution in [0.25, 0.3) is 0 Å². The number of anilines is 1. The normalized spacial score (nSPS) is 10.5. The SMILES string of the molecule is Cc1ncc(Cl)c(NCCc2c(C)cccc2Cl)n1. The molecule has 2 aromatic rings. The molecule has 0 aliphatic heterocycles. The molecule has 1 heterocycles. The molecule has 0 unspecified atom stereocenters. The van der Waals surface area contributed by atoms with Gasteiger partial charge in [0.2, 0.25) is 0 Å². The van der Waals surface area contributed by atoms with Crippen LogP contribution in [0.2, 0.25) is 10.0 Å². The molecule has 0 radical (unpaired) electrons. The lowest BCUT2D eigenvalue weighted by Crippen LogP contribution is -2.09. The highest BCUT2D eigenvalue weighted by atomic mass is 35.5. The van der Waals surface area contributed by atoms with E-state index in [1.165, 1.54) is 5.56 Å². The number of benzene rings is 1. The molecule has 0 saturated carbocycles. The standard InChI is InChI=1S/C14H15Cl2N3/c1-9-4-3-5-12(15)11(9)6-7-17-14-13(16)8-18-10(2)19-14/h3-5,8H,6-7H2,1-2H3,(H,17,18,19). The summed E-state index contributed by atoms with van der Waals surface area (Å²) in [6.07, 6.45) is 2.43. The predicted molar refractivity (Wildman–Crippen MR) is 80.2 cm³/mol. The van der Waals surface area contributed by atoms with Crippen LogP contribution < -0.4 is 5.32 Å². The Morgan fingerprint density at radius 1 is 1.16 bits per heavy atom. The molecule has 0 fully saturated rings. The zero-order valence-electron chi connectivity index (χ0n) is 10.9. The van der Waals surface area contributed by atoms with Gasteiger partial charge in [0.15, 0.2) is 0 Å². The molecule has 0 saturated heterocycles. The van der Waals surface area contributed by atoms with Crippen molar-refractivity contribution in [2.24, 2.45) is 0 Å². The summed E-state index contributed by atoms with van der Waals surface area (Å²) in [6.45, 7) is 4.61.